The Labute approximate surface area is 117 Å². The van der Waals surface area contributed by atoms with E-state index in [4.69, 9.17) is 0 Å². The fourth-order valence-corrected chi connectivity index (χ4v) is 2.21. The SMILES string of the molecule is Cn1nccc1CNc1ccc([N+](=O)[O-])cc1I. The van der Waals surface area contributed by atoms with Crippen LogP contribution in [-0.2, 0) is 13.6 Å². The van der Waals surface area contributed by atoms with Crippen LogP contribution in [0.2, 0.25) is 0 Å². The molecule has 0 unspecified atom stereocenters. The zero-order valence-electron chi connectivity index (χ0n) is 9.63. The lowest BCUT2D eigenvalue weighted by molar-refractivity contribution is -0.384. The summed E-state index contributed by atoms with van der Waals surface area (Å²) in [4.78, 5) is 10.2. The Kier molecular flexibility index (Phi) is 3.80. The molecule has 1 N–H and O–H groups in total. The van der Waals surface area contributed by atoms with Gasteiger partial charge in [-0.2, -0.15) is 5.10 Å². The lowest BCUT2D eigenvalue weighted by atomic mass is 10.3. The maximum atomic E-state index is 10.6. The molecule has 6 nitrogen and oxygen atoms in total. The van der Waals surface area contributed by atoms with E-state index in [1.165, 1.54) is 6.07 Å². The third-order valence-corrected chi connectivity index (χ3v) is 3.44. The van der Waals surface area contributed by atoms with Gasteiger partial charge in [-0.25, -0.2) is 0 Å². The molecule has 1 heterocycles. The normalized spacial score (nSPS) is 10.3. The molecule has 2 rings (SSSR count). The number of nitrogens with zero attached hydrogens (tertiary/aromatic N) is 3. The van der Waals surface area contributed by atoms with Crippen molar-refractivity contribution in [2.75, 3.05) is 5.32 Å². The number of aromatic nitrogens is 2. The summed E-state index contributed by atoms with van der Waals surface area (Å²) in [6, 6.07) is 6.68. The molecule has 0 saturated carbocycles. The van der Waals surface area contributed by atoms with Gasteiger partial charge in [-0.3, -0.25) is 14.8 Å². The van der Waals surface area contributed by atoms with E-state index in [0.29, 0.717) is 6.54 Å². The van der Waals surface area contributed by atoms with E-state index >= 15 is 0 Å². The van der Waals surface area contributed by atoms with Crippen LogP contribution in [0.4, 0.5) is 11.4 Å². The van der Waals surface area contributed by atoms with Gasteiger partial charge < -0.3 is 5.32 Å². The molecular weight excluding hydrogens is 347 g/mol. The van der Waals surface area contributed by atoms with Crippen LogP contribution >= 0.6 is 22.6 Å². The molecule has 0 saturated heterocycles. The first kappa shape index (κ1) is 12.8. The highest BCUT2D eigenvalue weighted by atomic mass is 127. The van der Waals surface area contributed by atoms with Gasteiger partial charge in [0, 0.05) is 34.6 Å². The van der Waals surface area contributed by atoms with Crippen LogP contribution in [0.5, 0.6) is 0 Å². The smallest absolute Gasteiger partial charge is 0.270 e. The molecule has 0 radical (unpaired) electrons. The highest BCUT2D eigenvalue weighted by Crippen LogP contribution is 2.23. The average molecular weight is 358 g/mol. The van der Waals surface area contributed by atoms with Crippen molar-refractivity contribution in [1.82, 2.24) is 9.78 Å². The highest BCUT2D eigenvalue weighted by Gasteiger charge is 2.09. The molecule has 0 fully saturated rings. The van der Waals surface area contributed by atoms with Crippen molar-refractivity contribution >= 4 is 34.0 Å². The quantitative estimate of drug-likeness (QED) is 0.518. The van der Waals surface area contributed by atoms with Crippen molar-refractivity contribution in [3.05, 3.63) is 49.8 Å². The van der Waals surface area contributed by atoms with Gasteiger partial charge >= 0.3 is 0 Å². The number of nitro groups is 1. The number of hydrogen-bond donors (Lipinski definition) is 1. The maximum Gasteiger partial charge on any atom is 0.270 e. The van der Waals surface area contributed by atoms with Gasteiger partial charge in [0.1, 0.15) is 0 Å². The molecule has 18 heavy (non-hydrogen) atoms. The molecule has 1 aromatic carbocycles. The van der Waals surface area contributed by atoms with E-state index in [0.717, 1.165) is 15.0 Å². The second kappa shape index (κ2) is 5.34. The Morgan fingerprint density at radius 3 is 2.83 bits per heavy atom. The number of aryl methyl sites for hydroxylation is 1. The largest absolute Gasteiger partial charge is 0.379 e. The van der Waals surface area contributed by atoms with Crippen LogP contribution in [0.15, 0.2) is 30.5 Å². The van der Waals surface area contributed by atoms with E-state index in [-0.39, 0.29) is 5.69 Å². The number of anilines is 1. The molecule has 94 valence electrons. The number of benzene rings is 1. The van der Waals surface area contributed by atoms with E-state index in [9.17, 15) is 10.1 Å². The Bertz CT molecular complexity index is 582. The molecule has 0 spiro atoms. The van der Waals surface area contributed by atoms with Gasteiger partial charge in [-0.15, -0.1) is 0 Å². The lowest BCUT2D eigenvalue weighted by Crippen LogP contribution is -2.06. The van der Waals surface area contributed by atoms with Gasteiger partial charge in [0.25, 0.3) is 5.69 Å². The van der Waals surface area contributed by atoms with E-state index in [1.54, 1.807) is 23.0 Å². The second-order valence-corrected chi connectivity index (χ2v) is 4.88. The Balaban J connectivity index is 2.11. The summed E-state index contributed by atoms with van der Waals surface area (Å²) in [5.74, 6) is 0. The van der Waals surface area contributed by atoms with Crippen molar-refractivity contribution in [2.45, 2.75) is 6.54 Å². The fourth-order valence-electron chi connectivity index (χ4n) is 1.52. The maximum absolute atomic E-state index is 10.6. The fraction of sp³-hybridized carbons (Fsp3) is 0.182. The van der Waals surface area contributed by atoms with Crippen LogP contribution in [0.25, 0.3) is 0 Å². The minimum atomic E-state index is -0.396. The molecule has 7 heteroatoms. The summed E-state index contributed by atoms with van der Waals surface area (Å²) in [7, 11) is 1.87. The number of non-ortho nitro benzene ring substituents is 1. The predicted octanol–water partition coefficient (Wildman–Crippen LogP) is 2.55. The minimum absolute atomic E-state index is 0.102. The first-order valence-electron chi connectivity index (χ1n) is 5.22. The average Bonchev–Trinajstić information content (AvgIpc) is 2.73. The Hall–Kier alpha value is -1.64. The van der Waals surface area contributed by atoms with Crippen molar-refractivity contribution in [3.63, 3.8) is 0 Å². The van der Waals surface area contributed by atoms with Crippen LogP contribution in [0.1, 0.15) is 5.69 Å². The van der Waals surface area contributed by atoms with Gasteiger partial charge in [0.15, 0.2) is 0 Å². The first-order valence-corrected chi connectivity index (χ1v) is 6.30. The topological polar surface area (TPSA) is 73.0 Å². The highest BCUT2D eigenvalue weighted by molar-refractivity contribution is 14.1. The second-order valence-electron chi connectivity index (χ2n) is 3.72. The molecular formula is C11H11IN4O2. The standard InChI is InChI=1S/C11H11IN4O2/c1-15-9(4-5-14-15)7-13-11-3-2-8(16(17)18)6-10(11)12/h2-6,13H,7H2,1H3. The molecule has 1 aromatic heterocycles. The summed E-state index contributed by atoms with van der Waals surface area (Å²) < 4.78 is 2.61. The lowest BCUT2D eigenvalue weighted by Gasteiger charge is -2.08. The van der Waals surface area contributed by atoms with E-state index < -0.39 is 4.92 Å². The Morgan fingerprint density at radius 2 is 2.28 bits per heavy atom. The zero-order chi connectivity index (χ0) is 13.1. The van der Waals surface area contributed by atoms with Crippen molar-refractivity contribution in [3.8, 4) is 0 Å². The number of nitrogens with one attached hydrogen (secondary N) is 1. The molecule has 0 aliphatic rings. The third kappa shape index (κ3) is 2.78. The van der Waals surface area contributed by atoms with Gasteiger partial charge in [0.2, 0.25) is 0 Å². The summed E-state index contributed by atoms with van der Waals surface area (Å²) >= 11 is 2.08. The third-order valence-electron chi connectivity index (χ3n) is 2.55. The van der Waals surface area contributed by atoms with Crippen LogP contribution in [0, 0.1) is 13.7 Å². The summed E-state index contributed by atoms with van der Waals surface area (Å²) in [5.41, 5.74) is 2.03. The van der Waals surface area contributed by atoms with E-state index in [1.807, 2.05) is 13.1 Å². The minimum Gasteiger partial charge on any atom is -0.379 e. The summed E-state index contributed by atoms with van der Waals surface area (Å²) in [6.45, 7) is 0.629. The zero-order valence-corrected chi connectivity index (χ0v) is 11.8. The monoisotopic (exact) mass is 358 g/mol. The first-order chi connectivity index (χ1) is 8.58. The van der Waals surface area contributed by atoms with Gasteiger partial charge in [-0.1, -0.05) is 0 Å². The van der Waals surface area contributed by atoms with Crippen molar-refractivity contribution in [2.24, 2.45) is 7.05 Å². The molecule has 0 amide bonds. The van der Waals surface area contributed by atoms with Crippen LogP contribution < -0.4 is 5.32 Å². The van der Waals surface area contributed by atoms with Gasteiger partial charge in [-0.05, 0) is 34.7 Å². The number of rotatable bonds is 4. The van der Waals surface area contributed by atoms with Crippen molar-refractivity contribution in [1.29, 1.82) is 0 Å². The summed E-state index contributed by atoms with van der Waals surface area (Å²) in [6.07, 6.45) is 1.73. The predicted molar refractivity (Wildman–Crippen MR) is 76.3 cm³/mol. The number of hydrogen-bond acceptors (Lipinski definition) is 4. The van der Waals surface area contributed by atoms with Gasteiger partial charge in [0.05, 0.1) is 17.2 Å². The Morgan fingerprint density at radius 1 is 1.50 bits per heavy atom. The molecule has 2 aromatic rings. The van der Waals surface area contributed by atoms with Crippen LogP contribution in [-0.4, -0.2) is 14.7 Å². The number of nitro benzene ring substituents is 1. The molecule has 0 aliphatic carbocycles. The number of halogens is 1. The molecule has 0 bridgehead atoms. The molecule has 0 atom stereocenters. The van der Waals surface area contributed by atoms with Crippen molar-refractivity contribution < 1.29 is 4.92 Å². The summed E-state index contributed by atoms with van der Waals surface area (Å²) in [5, 5.41) is 17.9. The molecule has 0 aliphatic heterocycles. The van der Waals surface area contributed by atoms with E-state index in [2.05, 4.69) is 33.0 Å². The van der Waals surface area contributed by atoms with Crippen LogP contribution in [0.3, 0.4) is 0 Å².